The van der Waals surface area contributed by atoms with Gasteiger partial charge in [0.1, 0.15) is 11.5 Å². The lowest BCUT2D eigenvalue weighted by Gasteiger charge is -2.03. The van der Waals surface area contributed by atoms with Gasteiger partial charge in [0.2, 0.25) is 0 Å². The molecule has 0 radical (unpaired) electrons. The van der Waals surface area contributed by atoms with Gasteiger partial charge >= 0.3 is 0 Å². The summed E-state index contributed by atoms with van der Waals surface area (Å²) in [4.78, 5) is 4.28. The standard InChI is InChI=1S/C12H10ClN3/c13-9-4-1-3-8(7-9)10-5-2-6-11(16-10)12(14)15/h1-7H,(H3,14,15). The predicted octanol–water partition coefficient (Wildman–Crippen LogP) is 2.69. The van der Waals surface area contributed by atoms with E-state index in [1.54, 1.807) is 12.1 Å². The first-order chi connectivity index (χ1) is 7.66. The summed E-state index contributed by atoms with van der Waals surface area (Å²) in [5.41, 5.74) is 7.53. The molecule has 1 heterocycles. The van der Waals surface area contributed by atoms with E-state index in [9.17, 15) is 0 Å². The lowest BCUT2D eigenvalue weighted by molar-refractivity contribution is 1.26. The second-order valence-corrected chi connectivity index (χ2v) is 3.77. The van der Waals surface area contributed by atoms with Crippen molar-refractivity contribution in [2.75, 3.05) is 0 Å². The smallest absolute Gasteiger partial charge is 0.141 e. The zero-order chi connectivity index (χ0) is 11.5. The summed E-state index contributed by atoms with van der Waals surface area (Å²) in [5.74, 6) is -0.0381. The molecule has 0 aliphatic heterocycles. The molecular formula is C12H10ClN3. The van der Waals surface area contributed by atoms with Crippen LogP contribution in [0.2, 0.25) is 5.02 Å². The molecule has 2 aromatic rings. The Morgan fingerprint density at radius 1 is 1.19 bits per heavy atom. The Kier molecular flexibility index (Phi) is 2.88. The number of aromatic nitrogens is 1. The number of nitrogens with two attached hydrogens (primary N) is 1. The lowest BCUT2D eigenvalue weighted by atomic mass is 10.1. The normalized spacial score (nSPS) is 10.1. The third-order valence-electron chi connectivity index (χ3n) is 2.15. The maximum absolute atomic E-state index is 7.33. The van der Waals surface area contributed by atoms with Crippen molar-refractivity contribution in [3.8, 4) is 11.3 Å². The molecule has 0 atom stereocenters. The Labute approximate surface area is 98.4 Å². The van der Waals surface area contributed by atoms with Crippen molar-refractivity contribution in [2.45, 2.75) is 0 Å². The van der Waals surface area contributed by atoms with Crippen molar-refractivity contribution in [1.82, 2.24) is 4.98 Å². The van der Waals surface area contributed by atoms with Gasteiger partial charge in [-0.1, -0.05) is 29.8 Å². The number of pyridine rings is 1. The number of nitrogens with zero attached hydrogens (tertiary/aromatic N) is 1. The van der Waals surface area contributed by atoms with Gasteiger partial charge in [0, 0.05) is 10.6 Å². The fraction of sp³-hybridized carbons (Fsp3) is 0. The van der Waals surface area contributed by atoms with E-state index in [-0.39, 0.29) is 5.84 Å². The van der Waals surface area contributed by atoms with E-state index >= 15 is 0 Å². The molecule has 3 nitrogen and oxygen atoms in total. The SMILES string of the molecule is N=C(N)c1cccc(-c2cccc(Cl)c2)n1. The predicted molar refractivity (Wildman–Crippen MR) is 65.7 cm³/mol. The molecule has 2 rings (SSSR count). The molecule has 0 saturated heterocycles. The van der Waals surface area contributed by atoms with Gasteiger partial charge < -0.3 is 5.73 Å². The van der Waals surface area contributed by atoms with Gasteiger partial charge in [-0.15, -0.1) is 0 Å². The molecule has 80 valence electrons. The second kappa shape index (κ2) is 4.33. The van der Waals surface area contributed by atoms with Crippen molar-refractivity contribution in [3.63, 3.8) is 0 Å². The molecule has 0 aliphatic carbocycles. The first kappa shape index (κ1) is 10.6. The van der Waals surface area contributed by atoms with Crippen LogP contribution in [0.4, 0.5) is 0 Å². The van der Waals surface area contributed by atoms with Crippen LogP contribution in [0.15, 0.2) is 42.5 Å². The Morgan fingerprint density at radius 3 is 2.62 bits per heavy atom. The molecule has 0 spiro atoms. The van der Waals surface area contributed by atoms with E-state index in [1.807, 2.05) is 30.3 Å². The summed E-state index contributed by atoms with van der Waals surface area (Å²) in [7, 11) is 0. The molecule has 3 N–H and O–H groups in total. The van der Waals surface area contributed by atoms with Crippen LogP contribution in [0.3, 0.4) is 0 Å². The van der Waals surface area contributed by atoms with Gasteiger partial charge in [0.15, 0.2) is 0 Å². The number of benzene rings is 1. The molecule has 0 aliphatic rings. The highest BCUT2D eigenvalue weighted by Gasteiger charge is 2.03. The van der Waals surface area contributed by atoms with E-state index in [1.165, 1.54) is 0 Å². The Bertz CT molecular complexity index is 537. The van der Waals surface area contributed by atoms with E-state index in [0.717, 1.165) is 11.3 Å². The van der Waals surface area contributed by atoms with Crippen LogP contribution in [0.5, 0.6) is 0 Å². The molecule has 0 fully saturated rings. The van der Waals surface area contributed by atoms with Crippen molar-refractivity contribution < 1.29 is 0 Å². The largest absolute Gasteiger partial charge is 0.382 e. The minimum absolute atomic E-state index is 0.0381. The van der Waals surface area contributed by atoms with Crippen LogP contribution in [-0.2, 0) is 0 Å². The van der Waals surface area contributed by atoms with Crippen molar-refractivity contribution in [2.24, 2.45) is 5.73 Å². The molecule has 1 aromatic heterocycles. The van der Waals surface area contributed by atoms with Crippen LogP contribution in [-0.4, -0.2) is 10.8 Å². The zero-order valence-corrected chi connectivity index (χ0v) is 9.20. The van der Waals surface area contributed by atoms with Crippen molar-refractivity contribution in [1.29, 1.82) is 5.41 Å². The van der Waals surface area contributed by atoms with Crippen LogP contribution in [0.1, 0.15) is 5.69 Å². The van der Waals surface area contributed by atoms with E-state index in [0.29, 0.717) is 10.7 Å². The number of rotatable bonds is 2. The van der Waals surface area contributed by atoms with Gasteiger partial charge in [-0.2, -0.15) is 0 Å². The quantitative estimate of drug-likeness (QED) is 0.617. The fourth-order valence-corrected chi connectivity index (χ4v) is 1.58. The minimum atomic E-state index is -0.0381. The number of hydrogen-bond donors (Lipinski definition) is 2. The Morgan fingerprint density at radius 2 is 1.94 bits per heavy atom. The van der Waals surface area contributed by atoms with Gasteiger partial charge in [0.05, 0.1) is 5.69 Å². The van der Waals surface area contributed by atoms with Gasteiger partial charge in [-0.3, -0.25) is 5.41 Å². The van der Waals surface area contributed by atoms with E-state index in [2.05, 4.69) is 4.98 Å². The van der Waals surface area contributed by atoms with Crippen LogP contribution >= 0.6 is 11.6 Å². The summed E-state index contributed by atoms with van der Waals surface area (Å²) in [6.45, 7) is 0. The third-order valence-corrected chi connectivity index (χ3v) is 2.38. The maximum Gasteiger partial charge on any atom is 0.141 e. The average Bonchev–Trinajstić information content (AvgIpc) is 2.29. The van der Waals surface area contributed by atoms with Gasteiger partial charge in [-0.25, -0.2) is 4.98 Å². The number of nitrogens with one attached hydrogen (secondary N) is 1. The average molecular weight is 232 g/mol. The Balaban J connectivity index is 2.48. The highest BCUT2D eigenvalue weighted by molar-refractivity contribution is 6.30. The molecule has 0 bridgehead atoms. The molecule has 0 unspecified atom stereocenters. The van der Waals surface area contributed by atoms with Crippen LogP contribution in [0.25, 0.3) is 11.3 Å². The van der Waals surface area contributed by atoms with Crippen LogP contribution < -0.4 is 5.73 Å². The number of hydrogen-bond acceptors (Lipinski definition) is 2. The topological polar surface area (TPSA) is 62.8 Å². The summed E-state index contributed by atoms with van der Waals surface area (Å²) in [6.07, 6.45) is 0. The summed E-state index contributed by atoms with van der Waals surface area (Å²) < 4.78 is 0. The molecular weight excluding hydrogens is 222 g/mol. The third kappa shape index (κ3) is 2.20. The first-order valence-corrected chi connectivity index (χ1v) is 5.12. The van der Waals surface area contributed by atoms with E-state index < -0.39 is 0 Å². The highest BCUT2D eigenvalue weighted by Crippen LogP contribution is 2.20. The van der Waals surface area contributed by atoms with Crippen LogP contribution in [0, 0.1) is 5.41 Å². The number of nitrogen functional groups attached to an aromatic ring is 1. The van der Waals surface area contributed by atoms with E-state index in [4.69, 9.17) is 22.7 Å². The maximum atomic E-state index is 7.33. The highest BCUT2D eigenvalue weighted by atomic mass is 35.5. The minimum Gasteiger partial charge on any atom is -0.382 e. The molecule has 0 saturated carbocycles. The Hall–Kier alpha value is -1.87. The second-order valence-electron chi connectivity index (χ2n) is 3.33. The summed E-state index contributed by atoms with van der Waals surface area (Å²) in [5, 5.41) is 7.99. The zero-order valence-electron chi connectivity index (χ0n) is 8.44. The van der Waals surface area contributed by atoms with Gasteiger partial charge in [0.25, 0.3) is 0 Å². The summed E-state index contributed by atoms with van der Waals surface area (Å²) >= 11 is 5.90. The number of amidine groups is 1. The molecule has 4 heteroatoms. The summed E-state index contributed by atoms with van der Waals surface area (Å²) in [6, 6.07) is 12.8. The number of halogens is 1. The fourth-order valence-electron chi connectivity index (χ4n) is 1.39. The lowest BCUT2D eigenvalue weighted by Crippen LogP contribution is -2.13. The molecule has 0 amide bonds. The molecule has 16 heavy (non-hydrogen) atoms. The first-order valence-electron chi connectivity index (χ1n) is 4.74. The van der Waals surface area contributed by atoms with Crippen molar-refractivity contribution >= 4 is 17.4 Å². The van der Waals surface area contributed by atoms with Gasteiger partial charge in [-0.05, 0) is 24.3 Å². The molecule has 1 aromatic carbocycles. The van der Waals surface area contributed by atoms with Crippen molar-refractivity contribution in [3.05, 3.63) is 53.2 Å². The monoisotopic (exact) mass is 231 g/mol.